The summed E-state index contributed by atoms with van der Waals surface area (Å²) in [6.45, 7) is 3.27. The van der Waals surface area contributed by atoms with Gasteiger partial charge in [0.25, 0.3) is 0 Å². The lowest BCUT2D eigenvalue weighted by molar-refractivity contribution is -0.170. The van der Waals surface area contributed by atoms with E-state index in [9.17, 15) is 27.6 Å². The minimum Gasteiger partial charge on any atom is -0.496 e. The summed E-state index contributed by atoms with van der Waals surface area (Å²) in [5.41, 5.74) is 1.53. The molecule has 0 spiro atoms. The van der Waals surface area contributed by atoms with Gasteiger partial charge in [-0.2, -0.15) is 13.2 Å². The summed E-state index contributed by atoms with van der Waals surface area (Å²) >= 11 is 6.00. The van der Waals surface area contributed by atoms with E-state index in [0.29, 0.717) is 27.5 Å². The molecule has 1 aliphatic rings. The largest absolute Gasteiger partial charge is 0.496 e. The van der Waals surface area contributed by atoms with Crippen molar-refractivity contribution in [3.8, 4) is 11.5 Å². The molecule has 1 heterocycles. The van der Waals surface area contributed by atoms with Gasteiger partial charge >= 0.3 is 24.0 Å². The van der Waals surface area contributed by atoms with E-state index in [1.807, 2.05) is 0 Å². The van der Waals surface area contributed by atoms with Gasteiger partial charge in [0.15, 0.2) is 0 Å². The monoisotopic (exact) mass is 539 g/mol. The van der Waals surface area contributed by atoms with Crippen molar-refractivity contribution in [3.63, 3.8) is 0 Å². The van der Waals surface area contributed by atoms with Gasteiger partial charge in [-0.05, 0) is 44.4 Å². The van der Waals surface area contributed by atoms with Crippen molar-refractivity contribution < 1.29 is 41.8 Å². The van der Waals surface area contributed by atoms with E-state index in [-0.39, 0.29) is 47.8 Å². The van der Waals surface area contributed by atoms with Crippen LogP contribution in [0.4, 0.5) is 18.9 Å². The van der Waals surface area contributed by atoms with Crippen molar-refractivity contribution in [2.24, 2.45) is 0 Å². The maximum absolute atomic E-state index is 13.3. The molecule has 0 aromatic heterocycles. The molecule has 0 radical (unpaired) electrons. The van der Waals surface area contributed by atoms with Crippen molar-refractivity contribution in [2.45, 2.75) is 45.9 Å². The number of rotatable bonds is 8. The Hall–Kier alpha value is -3.53. The Morgan fingerprint density at radius 3 is 2.51 bits per heavy atom. The molecule has 2 aromatic rings. The average Bonchev–Trinajstić information content (AvgIpc) is 3.23. The van der Waals surface area contributed by atoms with Crippen LogP contribution in [0.2, 0.25) is 5.02 Å². The van der Waals surface area contributed by atoms with E-state index in [4.69, 9.17) is 25.8 Å². The minimum absolute atomic E-state index is 0.0273. The van der Waals surface area contributed by atoms with Gasteiger partial charge in [-0.3, -0.25) is 9.59 Å². The number of cyclic esters (lactones) is 1. The van der Waals surface area contributed by atoms with Crippen molar-refractivity contribution >= 4 is 35.1 Å². The molecule has 37 heavy (non-hydrogen) atoms. The molecule has 11 heteroatoms. The fraction of sp³-hybridized carbons (Fsp3) is 0.346. The van der Waals surface area contributed by atoms with Crippen LogP contribution in [0.15, 0.2) is 35.9 Å². The van der Waals surface area contributed by atoms with Crippen LogP contribution < -0.4 is 14.4 Å². The van der Waals surface area contributed by atoms with Crippen molar-refractivity contribution in [2.75, 3.05) is 19.1 Å². The molecule has 0 bridgehead atoms. The van der Waals surface area contributed by atoms with Gasteiger partial charge in [-0.25, -0.2) is 4.79 Å². The number of halogens is 4. The maximum atomic E-state index is 13.3. The Labute approximate surface area is 216 Å². The lowest BCUT2D eigenvalue weighted by Gasteiger charge is -2.26. The number of allylic oxidation sites excluding steroid dienone is 2. The smallest absolute Gasteiger partial charge is 0.471 e. The summed E-state index contributed by atoms with van der Waals surface area (Å²) in [5.74, 6) is -2.98. The Kier molecular flexibility index (Phi) is 8.53. The number of nitrogens with zero attached hydrogens (tertiary/aromatic N) is 1. The summed E-state index contributed by atoms with van der Waals surface area (Å²) in [6, 6.07) is 6.54. The summed E-state index contributed by atoms with van der Waals surface area (Å²) in [6.07, 6.45) is -3.11. The van der Waals surface area contributed by atoms with Gasteiger partial charge < -0.3 is 19.1 Å². The van der Waals surface area contributed by atoms with Gasteiger partial charge in [0.1, 0.15) is 18.1 Å². The molecule has 2 aromatic carbocycles. The highest BCUT2D eigenvalue weighted by Crippen LogP contribution is 2.43. The molecule has 0 aliphatic carbocycles. The number of methoxy groups -OCH3 is 1. The number of anilines is 1. The zero-order chi connectivity index (χ0) is 27.5. The van der Waals surface area contributed by atoms with Crippen LogP contribution in [0.3, 0.4) is 0 Å². The van der Waals surface area contributed by atoms with E-state index in [0.717, 1.165) is 12.6 Å². The summed E-state index contributed by atoms with van der Waals surface area (Å²) < 4.78 is 55.7. The third kappa shape index (κ3) is 6.07. The van der Waals surface area contributed by atoms with Gasteiger partial charge in [0.2, 0.25) is 0 Å². The van der Waals surface area contributed by atoms with Crippen LogP contribution in [0.1, 0.15) is 46.8 Å². The zero-order valence-corrected chi connectivity index (χ0v) is 21.4. The predicted molar refractivity (Wildman–Crippen MR) is 130 cm³/mol. The number of fused-ring (bicyclic) bond motifs is 1. The molecular weight excluding hydrogens is 515 g/mol. The first kappa shape index (κ1) is 28.0. The fourth-order valence-electron chi connectivity index (χ4n) is 4.07. The molecule has 1 aliphatic heterocycles. The molecule has 0 unspecified atom stereocenters. The third-order valence-corrected chi connectivity index (χ3v) is 6.28. The maximum Gasteiger partial charge on any atom is 0.471 e. The van der Waals surface area contributed by atoms with Crippen LogP contribution in [0.25, 0.3) is 0 Å². The molecule has 198 valence electrons. The molecule has 0 saturated heterocycles. The highest BCUT2D eigenvalue weighted by Gasteiger charge is 2.44. The third-order valence-electron chi connectivity index (χ3n) is 5.97. The van der Waals surface area contributed by atoms with Crippen molar-refractivity contribution in [3.05, 3.63) is 63.2 Å². The van der Waals surface area contributed by atoms with Gasteiger partial charge in [-0.15, -0.1) is 0 Å². The van der Waals surface area contributed by atoms with E-state index in [2.05, 4.69) is 0 Å². The van der Waals surface area contributed by atoms with Gasteiger partial charge in [-0.1, -0.05) is 35.4 Å². The van der Waals surface area contributed by atoms with Crippen LogP contribution in [-0.2, 0) is 27.4 Å². The van der Waals surface area contributed by atoms with Crippen LogP contribution >= 0.6 is 11.6 Å². The summed E-state index contributed by atoms with van der Waals surface area (Å²) in [5, 5.41) is 0.297. The minimum atomic E-state index is -5.16. The number of ether oxygens (including phenoxy) is 3. The van der Waals surface area contributed by atoms with Crippen LogP contribution in [-0.4, -0.2) is 38.2 Å². The normalized spacial score (nSPS) is 13.2. The molecule has 0 N–H and O–H groups in total. The lowest BCUT2D eigenvalue weighted by Crippen LogP contribution is -2.39. The average molecular weight is 540 g/mol. The first-order valence-electron chi connectivity index (χ1n) is 11.2. The number of benzene rings is 2. The first-order valence-corrected chi connectivity index (χ1v) is 11.6. The number of carbonyl (C=O) groups excluding carboxylic acids is 3. The highest BCUT2D eigenvalue weighted by atomic mass is 35.5. The van der Waals surface area contributed by atoms with E-state index in [1.165, 1.54) is 7.11 Å². The Bertz CT molecular complexity index is 1270. The van der Waals surface area contributed by atoms with E-state index >= 15 is 0 Å². The fourth-order valence-corrected chi connectivity index (χ4v) is 4.24. The van der Waals surface area contributed by atoms with E-state index in [1.54, 1.807) is 44.2 Å². The number of amides is 1. The Balaban J connectivity index is 1.90. The number of hydrogen-bond acceptors (Lipinski definition) is 6. The zero-order valence-electron chi connectivity index (χ0n) is 20.6. The molecule has 0 atom stereocenters. The molecular formula is C26H25ClF3NO6. The number of carbonyl (C=O) groups is 3. The summed E-state index contributed by atoms with van der Waals surface area (Å²) in [4.78, 5) is 37.3. The molecule has 7 nitrogen and oxygen atoms in total. The molecule has 1 amide bonds. The topological polar surface area (TPSA) is 82.1 Å². The van der Waals surface area contributed by atoms with Gasteiger partial charge in [0.05, 0.1) is 23.4 Å². The molecule has 0 saturated carbocycles. The second-order valence-electron chi connectivity index (χ2n) is 8.44. The summed E-state index contributed by atoms with van der Waals surface area (Å²) in [7, 11) is 2.31. The van der Waals surface area contributed by atoms with Crippen LogP contribution in [0.5, 0.6) is 11.5 Å². The van der Waals surface area contributed by atoms with E-state index < -0.39 is 24.0 Å². The Morgan fingerprint density at radius 2 is 1.89 bits per heavy atom. The van der Waals surface area contributed by atoms with Crippen molar-refractivity contribution in [1.82, 2.24) is 0 Å². The standard InChI is InChI=1S/C26H25ClF3NO6/c1-14(10-12-20(32)37-19-8-6-5-7-18(19)27)9-11-16-22(31(3)25(34)26(28,29)30)21-17(13-36-24(21)33)15(2)23(16)35-4/h5-9H,10-13H2,1-4H3. The Morgan fingerprint density at radius 1 is 1.22 bits per heavy atom. The number of esters is 2. The highest BCUT2D eigenvalue weighted by molar-refractivity contribution is 6.32. The molecule has 0 fully saturated rings. The van der Waals surface area contributed by atoms with Gasteiger partial charge in [0, 0.05) is 24.6 Å². The second kappa shape index (κ2) is 11.2. The predicted octanol–water partition coefficient (Wildman–Crippen LogP) is 5.73. The SMILES string of the molecule is COc1c(C)c2c(c(N(C)C(=O)C(F)(F)F)c1CC=C(C)CCC(=O)Oc1ccccc1Cl)C(=O)OC2. The lowest BCUT2D eigenvalue weighted by atomic mass is 9.92. The first-order chi connectivity index (χ1) is 17.4. The number of para-hydroxylation sites is 1. The second-order valence-corrected chi connectivity index (χ2v) is 8.84. The number of hydrogen-bond donors (Lipinski definition) is 0. The van der Waals surface area contributed by atoms with Crippen molar-refractivity contribution in [1.29, 1.82) is 0 Å². The van der Waals surface area contributed by atoms with Crippen LogP contribution in [0, 0.1) is 6.92 Å². The molecule has 3 rings (SSSR count). The quantitative estimate of drug-likeness (QED) is 0.242. The number of alkyl halides is 3.